The molecule has 0 radical (unpaired) electrons. The lowest BCUT2D eigenvalue weighted by molar-refractivity contribution is -0.142. The first-order valence-corrected chi connectivity index (χ1v) is 9.09. The zero-order chi connectivity index (χ0) is 20.9. The number of ether oxygens (including phenoxy) is 3. The van der Waals surface area contributed by atoms with Crippen molar-refractivity contribution in [3.8, 4) is 11.5 Å². The minimum atomic E-state index is -0.710. The van der Waals surface area contributed by atoms with Crippen LogP contribution in [0.2, 0.25) is 10.0 Å². The molecule has 1 N–H and O–H groups in total. The summed E-state index contributed by atoms with van der Waals surface area (Å²) in [6.07, 6.45) is 0. The SMILES string of the molecule is COC(=O)COc1cc(C(=O)NC(C)(C)c2ccc(Cl)c(Cl)c2)ccc1OC. The Labute approximate surface area is 173 Å². The number of carbonyl (C=O) groups excluding carboxylic acids is 2. The Hall–Kier alpha value is -2.44. The van der Waals surface area contributed by atoms with Crippen molar-refractivity contribution in [2.24, 2.45) is 0 Å². The average Bonchev–Trinajstić information content (AvgIpc) is 2.67. The maximum Gasteiger partial charge on any atom is 0.343 e. The van der Waals surface area contributed by atoms with E-state index in [1.165, 1.54) is 20.3 Å². The van der Waals surface area contributed by atoms with E-state index in [-0.39, 0.29) is 18.3 Å². The number of hydrogen-bond donors (Lipinski definition) is 1. The fraction of sp³-hybridized carbons (Fsp3) is 0.300. The van der Waals surface area contributed by atoms with Gasteiger partial charge in [0.2, 0.25) is 0 Å². The van der Waals surface area contributed by atoms with Crippen LogP contribution in [-0.2, 0) is 15.1 Å². The van der Waals surface area contributed by atoms with Gasteiger partial charge in [-0.1, -0.05) is 29.3 Å². The standard InChI is InChI=1S/C20H21Cl2NO5/c1-20(2,13-6-7-14(21)15(22)10-13)23-19(25)12-5-8-16(26-3)17(9-12)28-11-18(24)27-4/h5-10H,11H2,1-4H3,(H,23,25). The summed E-state index contributed by atoms with van der Waals surface area (Å²) in [4.78, 5) is 24.1. The number of esters is 1. The van der Waals surface area contributed by atoms with Crippen molar-refractivity contribution >= 4 is 35.1 Å². The highest BCUT2D eigenvalue weighted by Crippen LogP contribution is 2.30. The average molecular weight is 426 g/mol. The molecule has 6 nitrogen and oxygen atoms in total. The summed E-state index contributed by atoms with van der Waals surface area (Å²) in [5.74, 6) is -0.226. The molecule has 0 aromatic heterocycles. The summed E-state index contributed by atoms with van der Waals surface area (Å²) >= 11 is 12.0. The van der Waals surface area contributed by atoms with E-state index in [2.05, 4.69) is 10.1 Å². The summed E-state index contributed by atoms with van der Waals surface area (Å²) < 4.78 is 15.2. The van der Waals surface area contributed by atoms with Crippen LogP contribution in [0.4, 0.5) is 0 Å². The predicted octanol–water partition coefficient (Wildman–Crippen LogP) is 4.22. The van der Waals surface area contributed by atoms with Crippen LogP contribution in [0.25, 0.3) is 0 Å². The van der Waals surface area contributed by atoms with Gasteiger partial charge in [0, 0.05) is 5.56 Å². The van der Waals surface area contributed by atoms with E-state index in [1.807, 2.05) is 13.8 Å². The van der Waals surface area contributed by atoms with Gasteiger partial charge in [-0.3, -0.25) is 4.79 Å². The van der Waals surface area contributed by atoms with Crippen molar-refractivity contribution in [3.05, 3.63) is 57.6 Å². The monoisotopic (exact) mass is 425 g/mol. The Morgan fingerprint density at radius 1 is 1.00 bits per heavy atom. The van der Waals surface area contributed by atoms with Gasteiger partial charge in [0.25, 0.3) is 5.91 Å². The second-order valence-electron chi connectivity index (χ2n) is 6.44. The molecule has 0 unspecified atom stereocenters. The summed E-state index contributed by atoms with van der Waals surface area (Å²) in [5, 5.41) is 3.79. The van der Waals surface area contributed by atoms with Crippen LogP contribution in [0.15, 0.2) is 36.4 Å². The molecule has 2 aromatic carbocycles. The van der Waals surface area contributed by atoms with E-state index in [1.54, 1.807) is 30.3 Å². The molecule has 0 bridgehead atoms. The van der Waals surface area contributed by atoms with Crippen molar-refractivity contribution in [3.63, 3.8) is 0 Å². The molecule has 2 rings (SSSR count). The first-order valence-electron chi connectivity index (χ1n) is 8.33. The number of hydrogen-bond acceptors (Lipinski definition) is 5. The smallest absolute Gasteiger partial charge is 0.343 e. The van der Waals surface area contributed by atoms with E-state index in [9.17, 15) is 9.59 Å². The molecule has 0 saturated carbocycles. The summed E-state index contributed by atoms with van der Waals surface area (Å²) in [5.41, 5.74) is 0.429. The maximum atomic E-state index is 12.8. The Morgan fingerprint density at radius 3 is 2.32 bits per heavy atom. The summed E-state index contributed by atoms with van der Waals surface area (Å²) in [6, 6.07) is 9.88. The van der Waals surface area contributed by atoms with Gasteiger partial charge < -0.3 is 19.5 Å². The number of halogens is 2. The molecule has 0 spiro atoms. The molecule has 0 saturated heterocycles. The van der Waals surface area contributed by atoms with Crippen LogP contribution in [-0.4, -0.2) is 32.7 Å². The minimum Gasteiger partial charge on any atom is -0.493 e. The summed E-state index contributed by atoms with van der Waals surface area (Å²) in [6.45, 7) is 3.40. The number of nitrogens with one attached hydrogen (secondary N) is 1. The minimum absolute atomic E-state index is 0.257. The molecular formula is C20H21Cl2NO5. The number of carbonyl (C=O) groups is 2. The molecule has 1 amide bonds. The first kappa shape index (κ1) is 21.9. The number of rotatable bonds is 7. The van der Waals surface area contributed by atoms with Gasteiger partial charge in [0.05, 0.1) is 29.8 Å². The Bertz CT molecular complexity index is 883. The van der Waals surface area contributed by atoms with Gasteiger partial charge in [-0.15, -0.1) is 0 Å². The summed E-state index contributed by atoms with van der Waals surface area (Å²) in [7, 11) is 2.73. The second kappa shape index (κ2) is 9.17. The Morgan fingerprint density at radius 2 is 1.71 bits per heavy atom. The van der Waals surface area contributed by atoms with Crippen LogP contribution in [0, 0.1) is 0 Å². The molecule has 28 heavy (non-hydrogen) atoms. The van der Waals surface area contributed by atoms with E-state index in [4.69, 9.17) is 32.7 Å². The largest absolute Gasteiger partial charge is 0.493 e. The zero-order valence-electron chi connectivity index (χ0n) is 16.0. The van der Waals surface area contributed by atoms with Crippen LogP contribution in [0.5, 0.6) is 11.5 Å². The molecule has 0 fully saturated rings. The normalized spacial score (nSPS) is 10.9. The topological polar surface area (TPSA) is 73.9 Å². The zero-order valence-corrected chi connectivity index (χ0v) is 17.5. The van der Waals surface area contributed by atoms with Gasteiger partial charge >= 0.3 is 5.97 Å². The van der Waals surface area contributed by atoms with Crippen molar-refractivity contribution < 1.29 is 23.8 Å². The van der Waals surface area contributed by atoms with Gasteiger partial charge in [0.1, 0.15) is 0 Å². The maximum absolute atomic E-state index is 12.8. The van der Waals surface area contributed by atoms with E-state index in [0.29, 0.717) is 21.4 Å². The molecule has 0 aliphatic heterocycles. The Balaban J connectivity index is 2.22. The third-order valence-corrected chi connectivity index (χ3v) is 4.81. The van der Waals surface area contributed by atoms with Crippen LogP contribution in [0.3, 0.4) is 0 Å². The lowest BCUT2D eigenvalue weighted by Gasteiger charge is -2.27. The quantitative estimate of drug-likeness (QED) is 0.672. The second-order valence-corrected chi connectivity index (χ2v) is 7.25. The molecule has 0 atom stereocenters. The van der Waals surface area contributed by atoms with Crippen molar-refractivity contribution in [1.29, 1.82) is 0 Å². The Kier molecular flexibility index (Phi) is 7.16. The van der Waals surface area contributed by atoms with E-state index >= 15 is 0 Å². The van der Waals surface area contributed by atoms with Crippen molar-refractivity contribution in [1.82, 2.24) is 5.32 Å². The lowest BCUT2D eigenvalue weighted by atomic mass is 9.94. The van der Waals surface area contributed by atoms with Crippen LogP contribution < -0.4 is 14.8 Å². The number of amides is 1. The number of benzene rings is 2. The fourth-order valence-corrected chi connectivity index (χ4v) is 2.74. The predicted molar refractivity (Wildman–Crippen MR) is 107 cm³/mol. The van der Waals surface area contributed by atoms with Crippen molar-refractivity contribution in [2.45, 2.75) is 19.4 Å². The molecule has 2 aromatic rings. The van der Waals surface area contributed by atoms with E-state index < -0.39 is 11.5 Å². The molecule has 0 aliphatic rings. The van der Waals surface area contributed by atoms with E-state index in [0.717, 1.165) is 5.56 Å². The third kappa shape index (κ3) is 5.30. The van der Waals surface area contributed by atoms with Crippen LogP contribution >= 0.6 is 23.2 Å². The number of methoxy groups -OCH3 is 2. The molecular weight excluding hydrogens is 405 g/mol. The highest BCUT2D eigenvalue weighted by Gasteiger charge is 2.25. The van der Waals surface area contributed by atoms with Crippen molar-refractivity contribution in [2.75, 3.05) is 20.8 Å². The molecule has 0 heterocycles. The van der Waals surface area contributed by atoms with Gasteiger partial charge in [-0.2, -0.15) is 0 Å². The third-order valence-electron chi connectivity index (χ3n) is 4.07. The van der Waals surface area contributed by atoms with Crippen LogP contribution in [0.1, 0.15) is 29.8 Å². The van der Waals surface area contributed by atoms with Gasteiger partial charge in [-0.05, 0) is 49.7 Å². The highest BCUT2D eigenvalue weighted by molar-refractivity contribution is 6.42. The highest BCUT2D eigenvalue weighted by atomic mass is 35.5. The van der Waals surface area contributed by atoms with Gasteiger partial charge in [0.15, 0.2) is 18.1 Å². The molecule has 0 aliphatic carbocycles. The molecule has 8 heteroatoms. The lowest BCUT2D eigenvalue weighted by Crippen LogP contribution is -2.41. The fourth-order valence-electron chi connectivity index (χ4n) is 2.44. The first-order chi connectivity index (χ1) is 13.2. The molecule has 150 valence electrons. The van der Waals surface area contributed by atoms with Gasteiger partial charge in [-0.25, -0.2) is 4.79 Å².